The van der Waals surface area contributed by atoms with E-state index in [-0.39, 0.29) is 16.9 Å². The van der Waals surface area contributed by atoms with E-state index in [1.807, 2.05) is 6.92 Å². The molecule has 128 valence electrons. The molecule has 7 heteroatoms. The Balaban J connectivity index is 1.92. The van der Waals surface area contributed by atoms with Gasteiger partial charge in [-0.15, -0.1) is 5.10 Å². The van der Waals surface area contributed by atoms with Crippen LogP contribution >= 0.6 is 11.8 Å². The summed E-state index contributed by atoms with van der Waals surface area (Å²) in [6.07, 6.45) is 0.830. The third-order valence-corrected chi connectivity index (χ3v) is 4.28. The quantitative estimate of drug-likeness (QED) is 0.593. The number of benzene rings is 1. The highest BCUT2D eigenvalue weighted by Crippen LogP contribution is 2.21. The van der Waals surface area contributed by atoms with Crippen LogP contribution in [0.25, 0.3) is 0 Å². The Kier molecular flexibility index (Phi) is 6.14. The van der Waals surface area contributed by atoms with Gasteiger partial charge in [0.1, 0.15) is 5.82 Å². The van der Waals surface area contributed by atoms with Crippen LogP contribution in [0.4, 0.5) is 5.69 Å². The maximum Gasteiger partial charge on any atom is 0.237 e. The number of ketones is 1. The summed E-state index contributed by atoms with van der Waals surface area (Å²) in [5.41, 5.74) is 1.28. The number of hydrogen-bond donors (Lipinski definition) is 2. The fraction of sp³-hybridized carbons (Fsp3) is 0.412. The van der Waals surface area contributed by atoms with Gasteiger partial charge in [0.25, 0.3) is 0 Å². The largest absolute Gasteiger partial charge is 0.325 e. The molecule has 0 bridgehead atoms. The number of carbonyl (C=O) groups is 2. The molecule has 1 atom stereocenters. The minimum atomic E-state index is -0.333. The molecular formula is C17H22N4O2S. The molecule has 1 aromatic heterocycles. The number of aromatic nitrogens is 3. The molecule has 0 saturated heterocycles. The van der Waals surface area contributed by atoms with Crippen LogP contribution in [0.1, 0.15) is 43.9 Å². The summed E-state index contributed by atoms with van der Waals surface area (Å²) in [6, 6.07) is 6.84. The smallest absolute Gasteiger partial charge is 0.237 e. The van der Waals surface area contributed by atoms with Crippen molar-refractivity contribution in [1.82, 2.24) is 15.2 Å². The maximum atomic E-state index is 12.3. The zero-order valence-corrected chi connectivity index (χ0v) is 15.1. The normalized spacial score (nSPS) is 12.2. The summed E-state index contributed by atoms with van der Waals surface area (Å²) in [5, 5.41) is 10.1. The summed E-state index contributed by atoms with van der Waals surface area (Å²) >= 11 is 1.31. The van der Waals surface area contributed by atoms with E-state index in [9.17, 15) is 9.59 Å². The van der Waals surface area contributed by atoms with Crippen molar-refractivity contribution in [1.29, 1.82) is 0 Å². The Hall–Kier alpha value is -2.15. The lowest BCUT2D eigenvalue weighted by atomic mass is 10.1. The molecule has 6 nitrogen and oxygen atoms in total. The molecule has 0 spiro atoms. The van der Waals surface area contributed by atoms with Gasteiger partial charge in [0.2, 0.25) is 11.1 Å². The van der Waals surface area contributed by atoms with Crippen molar-refractivity contribution in [3.63, 3.8) is 0 Å². The van der Waals surface area contributed by atoms with Crippen LogP contribution in [-0.2, 0) is 11.2 Å². The van der Waals surface area contributed by atoms with Crippen molar-refractivity contribution in [3.05, 3.63) is 35.7 Å². The molecule has 2 aromatic rings. The van der Waals surface area contributed by atoms with Crippen LogP contribution in [-0.4, -0.2) is 32.1 Å². The SMILES string of the molecule is CC(=O)c1ccc(NC(=O)C(C)Sc2n[nH]c(CC(C)C)n2)cc1. The highest BCUT2D eigenvalue weighted by atomic mass is 32.2. The summed E-state index contributed by atoms with van der Waals surface area (Å²) in [5.74, 6) is 1.19. The van der Waals surface area contributed by atoms with E-state index in [0.29, 0.717) is 22.3 Å². The van der Waals surface area contributed by atoms with Crippen LogP contribution in [0.3, 0.4) is 0 Å². The zero-order valence-electron chi connectivity index (χ0n) is 14.3. The summed E-state index contributed by atoms with van der Waals surface area (Å²) in [4.78, 5) is 27.9. The fourth-order valence-electron chi connectivity index (χ4n) is 2.05. The predicted molar refractivity (Wildman–Crippen MR) is 95.3 cm³/mol. The number of H-pyrrole nitrogens is 1. The van der Waals surface area contributed by atoms with Crippen molar-refractivity contribution in [2.45, 2.75) is 44.5 Å². The minimum Gasteiger partial charge on any atom is -0.325 e. The van der Waals surface area contributed by atoms with Gasteiger partial charge in [0.05, 0.1) is 5.25 Å². The van der Waals surface area contributed by atoms with E-state index >= 15 is 0 Å². The van der Waals surface area contributed by atoms with E-state index in [1.165, 1.54) is 18.7 Å². The monoisotopic (exact) mass is 346 g/mol. The second kappa shape index (κ2) is 8.10. The van der Waals surface area contributed by atoms with Gasteiger partial charge in [-0.1, -0.05) is 25.6 Å². The summed E-state index contributed by atoms with van der Waals surface area (Å²) < 4.78 is 0. The van der Waals surface area contributed by atoms with Crippen molar-refractivity contribution < 1.29 is 9.59 Å². The Morgan fingerprint density at radius 2 is 1.88 bits per heavy atom. The highest BCUT2D eigenvalue weighted by Gasteiger charge is 2.17. The molecule has 1 amide bonds. The predicted octanol–water partition coefficient (Wildman–Crippen LogP) is 3.33. The number of thioether (sulfide) groups is 1. The average Bonchev–Trinajstić information content (AvgIpc) is 2.93. The lowest BCUT2D eigenvalue weighted by molar-refractivity contribution is -0.115. The molecule has 1 aromatic carbocycles. The minimum absolute atomic E-state index is 0.00129. The first kappa shape index (κ1) is 18.2. The van der Waals surface area contributed by atoms with Gasteiger partial charge in [-0.2, -0.15) is 0 Å². The number of carbonyl (C=O) groups excluding carboxylic acids is 2. The number of aromatic amines is 1. The highest BCUT2D eigenvalue weighted by molar-refractivity contribution is 8.00. The van der Waals surface area contributed by atoms with E-state index in [0.717, 1.165) is 12.2 Å². The third-order valence-electron chi connectivity index (χ3n) is 3.32. The van der Waals surface area contributed by atoms with E-state index < -0.39 is 0 Å². The van der Waals surface area contributed by atoms with E-state index in [1.54, 1.807) is 24.3 Å². The number of Topliss-reactive ketones (excluding diaryl/α,β-unsaturated/α-hetero) is 1. The van der Waals surface area contributed by atoms with Crippen LogP contribution in [0.5, 0.6) is 0 Å². The Bertz CT molecular complexity index is 710. The van der Waals surface area contributed by atoms with Crippen LogP contribution < -0.4 is 5.32 Å². The molecule has 0 aliphatic carbocycles. The van der Waals surface area contributed by atoms with E-state index in [2.05, 4.69) is 34.3 Å². The van der Waals surface area contributed by atoms with Gasteiger partial charge in [-0.05, 0) is 44.0 Å². The first-order valence-electron chi connectivity index (χ1n) is 7.85. The second-order valence-electron chi connectivity index (χ2n) is 6.05. The molecule has 0 aliphatic heterocycles. The summed E-state index contributed by atoms with van der Waals surface area (Å²) in [6.45, 7) is 7.55. The molecule has 2 N–H and O–H groups in total. The lowest BCUT2D eigenvalue weighted by Crippen LogP contribution is -2.22. The van der Waals surface area contributed by atoms with Gasteiger partial charge in [-0.3, -0.25) is 14.7 Å². The first-order valence-corrected chi connectivity index (χ1v) is 8.73. The van der Waals surface area contributed by atoms with Crippen LogP contribution in [0, 0.1) is 5.92 Å². The Morgan fingerprint density at radius 1 is 1.21 bits per heavy atom. The molecule has 0 saturated carbocycles. The van der Waals surface area contributed by atoms with Gasteiger partial charge in [-0.25, -0.2) is 4.98 Å². The standard InChI is InChI=1S/C17H22N4O2S/c1-10(2)9-15-19-17(21-20-15)24-12(4)16(23)18-14-7-5-13(6-8-14)11(3)22/h5-8,10,12H,9H2,1-4H3,(H,18,23)(H,19,20,21). The zero-order chi connectivity index (χ0) is 17.7. The molecule has 1 heterocycles. The second-order valence-corrected chi connectivity index (χ2v) is 7.35. The molecule has 2 rings (SSSR count). The molecule has 24 heavy (non-hydrogen) atoms. The fourth-order valence-corrected chi connectivity index (χ4v) is 2.80. The van der Waals surface area contributed by atoms with Gasteiger partial charge >= 0.3 is 0 Å². The van der Waals surface area contributed by atoms with Crippen molar-refractivity contribution >= 4 is 29.1 Å². The van der Waals surface area contributed by atoms with Crippen LogP contribution in [0.15, 0.2) is 29.4 Å². The van der Waals surface area contributed by atoms with E-state index in [4.69, 9.17) is 0 Å². The van der Waals surface area contributed by atoms with Gasteiger partial charge in [0, 0.05) is 17.7 Å². The molecule has 0 fully saturated rings. The number of anilines is 1. The average molecular weight is 346 g/mol. The van der Waals surface area contributed by atoms with Gasteiger partial charge in [0.15, 0.2) is 5.78 Å². The number of nitrogens with zero attached hydrogens (tertiary/aromatic N) is 2. The van der Waals surface area contributed by atoms with Crippen molar-refractivity contribution in [2.75, 3.05) is 5.32 Å². The number of rotatable bonds is 7. The first-order chi connectivity index (χ1) is 11.3. The topological polar surface area (TPSA) is 87.7 Å². The van der Waals surface area contributed by atoms with Crippen molar-refractivity contribution in [2.24, 2.45) is 5.92 Å². The molecule has 1 unspecified atom stereocenters. The van der Waals surface area contributed by atoms with Crippen molar-refractivity contribution in [3.8, 4) is 0 Å². The summed E-state index contributed by atoms with van der Waals surface area (Å²) in [7, 11) is 0. The third kappa shape index (κ3) is 5.19. The number of amides is 1. The molecular weight excluding hydrogens is 324 g/mol. The van der Waals surface area contributed by atoms with Crippen LogP contribution in [0.2, 0.25) is 0 Å². The Morgan fingerprint density at radius 3 is 2.46 bits per heavy atom. The van der Waals surface area contributed by atoms with Gasteiger partial charge < -0.3 is 5.32 Å². The number of nitrogens with one attached hydrogen (secondary N) is 2. The Labute approximate surface area is 145 Å². The molecule has 0 aliphatic rings. The maximum absolute atomic E-state index is 12.3. The lowest BCUT2D eigenvalue weighted by Gasteiger charge is -2.10. The number of hydrogen-bond acceptors (Lipinski definition) is 5. The molecule has 0 radical (unpaired) electrons.